The molecule has 0 aromatic carbocycles. The summed E-state index contributed by atoms with van der Waals surface area (Å²) >= 11 is 1.69. The van der Waals surface area contributed by atoms with Crippen molar-refractivity contribution in [3.8, 4) is 0 Å². The number of hydrogen-bond acceptors (Lipinski definition) is 6. The zero-order chi connectivity index (χ0) is 15.7. The lowest BCUT2D eigenvalue weighted by atomic mass is 10.2. The highest BCUT2D eigenvalue weighted by molar-refractivity contribution is 7.97. The van der Waals surface area contributed by atoms with Gasteiger partial charge in [0.05, 0.1) is 6.67 Å². The van der Waals surface area contributed by atoms with Crippen LogP contribution in [0.2, 0.25) is 0 Å². The standard InChI is InChI=1S/C14H26N6S/c1-5-13(2)14(17-18(4)8-7-16-3)19-9-10-20(12-19)21-11-6-15/h5-8,15-16H,9-12H2,1-4H3/b8-7-,13-5-,15-6?,17-14+. The first kappa shape index (κ1) is 17.6. The van der Waals surface area contributed by atoms with Crippen LogP contribution in [0, 0.1) is 5.41 Å². The average Bonchev–Trinajstić information content (AvgIpc) is 2.96. The number of hydrogen-bond donors (Lipinski definition) is 2. The first-order valence-electron chi connectivity index (χ1n) is 7.02. The van der Waals surface area contributed by atoms with Crippen LogP contribution < -0.4 is 5.32 Å². The Kier molecular flexibility index (Phi) is 7.92. The van der Waals surface area contributed by atoms with Crippen LogP contribution in [-0.4, -0.2) is 65.9 Å². The van der Waals surface area contributed by atoms with Crippen molar-refractivity contribution in [1.29, 1.82) is 5.41 Å². The summed E-state index contributed by atoms with van der Waals surface area (Å²) in [6.45, 7) is 6.91. The second-order valence-electron chi connectivity index (χ2n) is 4.68. The molecule has 0 aliphatic carbocycles. The Balaban J connectivity index is 2.77. The highest BCUT2D eigenvalue weighted by Crippen LogP contribution is 2.18. The molecular formula is C14H26N6S. The fourth-order valence-corrected chi connectivity index (χ4v) is 2.59. The first-order valence-corrected chi connectivity index (χ1v) is 7.97. The summed E-state index contributed by atoms with van der Waals surface area (Å²) in [4.78, 5) is 2.27. The van der Waals surface area contributed by atoms with E-state index >= 15 is 0 Å². The molecule has 1 fully saturated rings. The Labute approximate surface area is 132 Å². The molecule has 0 amide bonds. The molecule has 1 rings (SSSR count). The minimum atomic E-state index is 0.730. The van der Waals surface area contributed by atoms with Crippen molar-refractivity contribution >= 4 is 24.0 Å². The number of hydrazone groups is 1. The minimum Gasteiger partial charge on any atom is -0.393 e. The van der Waals surface area contributed by atoms with E-state index in [1.165, 1.54) is 11.8 Å². The lowest BCUT2D eigenvalue weighted by molar-refractivity contribution is 0.423. The van der Waals surface area contributed by atoms with E-state index in [1.807, 2.05) is 38.4 Å². The van der Waals surface area contributed by atoms with Gasteiger partial charge in [-0.15, -0.1) is 0 Å². The molecule has 1 heterocycles. The van der Waals surface area contributed by atoms with Crippen molar-refractivity contribution in [2.75, 3.05) is 39.6 Å². The Morgan fingerprint density at radius 1 is 1.48 bits per heavy atom. The molecule has 118 valence electrons. The van der Waals surface area contributed by atoms with Crippen LogP contribution in [0.1, 0.15) is 13.8 Å². The van der Waals surface area contributed by atoms with Crippen LogP contribution in [0.15, 0.2) is 29.2 Å². The smallest absolute Gasteiger partial charge is 0.152 e. The summed E-state index contributed by atoms with van der Waals surface area (Å²) in [5, 5.41) is 16.6. The number of amidine groups is 1. The van der Waals surface area contributed by atoms with E-state index in [0.29, 0.717) is 0 Å². The van der Waals surface area contributed by atoms with E-state index in [9.17, 15) is 0 Å². The molecule has 7 heteroatoms. The van der Waals surface area contributed by atoms with Gasteiger partial charge >= 0.3 is 0 Å². The van der Waals surface area contributed by atoms with E-state index < -0.39 is 0 Å². The minimum absolute atomic E-state index is 0.730. The van der Waals surface area contributed by atoms with Crippen molar-refractivity contribution in [2.24, 2.45) is 5.10 Å². The van der Waals surface area contributed by atoms with Gasteiger partial charge in [0.1, 0.15) is 0 Å². The number of rotatable bonds is 7. The van der Waals surface area contributed by atoms with Gasteiger partial charge in [-0.3, -0.25) is 5.01 Å². The maximum absolute atomic E-state index is 7.12. The Morgan fingerprint density at radius 3 is 2.86 bits per heavy atom. The van der Waals surface area contributed by atoms with E-state index in [4.69, 9.17) is 5.41 Å². The normalized spacial score (nSPS) is 17.6. The van der Waals surface area contributed by atoms with Gasteiger partial charge in [-0.05, 0) is 19.4 Å². The molecule has 0 spiro atoms. The molecule has 21 heavy (non-hydrogen) atoms. The maximum Gasteiger partial charge on any atom is 0.152 e. The van der Waals surface area contributed by atoms with Crippen LogP contribution in [0.5, 0.6) is 0 Å². The topological polar surface area (TPSA) is 58.0 Å². The highest BCUT2D eigenvalue weighted by Gasteiger charge is 2.24. The summed E-state index contributed by atoms with van der Waals surface area (Å²) < 4.78 is 2.27. The van der Waals surface area contributed by atoms with Crippen molar-refractivity contribution < 1.29 is 0 Å². The van der Waals surface area contributed by atoms with Gasteiger partial charge in [0, 0.05) is 51.6 Å². The summed E-state index contributed by atoms with van der Waals surface area (Å²) in [5.41, 5.74) is 1.17. The Morgan fingerprint density at radius 2 is 2.24 bits per heavy atom. The number of nitrogens with one attached hydrogen (secondary N) is 2. The highest BCUT2D eigenvalue weighted by atomic mass is 32.2. The molecular weight excluding hydrogens is 284 g/mol. The summed E-state index contributed by atoms with van der Waals surface area (Å²) in [5.74, 6) is 1.73. The zero-order valence-electron chi connectivity index (χ0n) is 13.3. The number of allylic oxidation sites excluding steroid dienone is 1. The van der Waals surface area contributed by atoms with Gasteiger partial charge < -0.3 is 15.6 Å². The van der Waals surface area contributed by atoms with Crippen molar-refractivity contribution in [2.45, 2.75) is 13.8 Å². The van der Waals surface area contributed by atoms with Gasteiger partial charge in [-0.1, -0.05) is 18.0 Å². The predicted molar refractivity (Wildman–Crippen MR) is 92.3 cm³/mol. The summed E-state index contributed by atoms with van der Waals surface area (Å²) in [7, 11) is 3.79. The summed E-state index contributed by atoms with van der Waals surface area (Å²) in [6.07, 6.45) is 7.26. The van der Waals surface area contributed by atoms with Crippen LogP contribution >= 0.6 is 11.9 Å². The molecule has 1 aliphatic rings. The first-order chi connectivity index (χ1) is 10.1. The maximum atomic E-state index is 7.12. The van der Waals surface area contributed by atoms with E-state index in [1.54, 1.807) is 11.9 Å². The van der Waals surface area contributed by atoms with E-state index in [2.05, 4.69) is 32.6 Å². The molecule has 0 aromatic heterocycles. The molecule has 0 aromatic rings. The third-order valence-electron chi connectivity index (χ3n) is 3.08. The molecule has 6 nitrogen and oxygen atoms in total. The second-order valence-corrected chi connectivity index (χ2v) is 5.79. The Bertz CT molecular complexity index is 418. The van der Waals surface area contributed by atoms with Crippen molar-refractivity contribution in [1.82, 2.24) is 19.5 Å². The zero-order valence-corrected chi connectivity index (χ0v) is 14.2. The third kappa shape index (κ3) is 5.81. The van der Waals surface area contributed by atoms with Gasteiger partial charge in [-0.2, -0.15) is 5.10 Å². The van der Waals surface area contributed by atoms with Gasteiger partial charge in [-0.25, -0.2) is 4.31 Å². The molecule has 0 radical (unpaired) electrons. The lowest BCUT2D eigenvalue weighted by Crippen LogP contribution is -2.32. The quantitative estimate of drug-likeness (QED) is 0.325. The molecule has 2 N–H and O–H groups in total. The largest absolute Gasteiger partial charge is 0.393 e. The SMILES string of the molecule is C/C=C(C)\C(=N/N(C)/C=C\NC)N1CCN(SCC=N)C1. The van der Waals surface area contributed by atoms with Crippen LogP contribution in [0.25, 0.3) is 0 Å². The predicted octanol–water partition coefficient (Wildman–Crippen LogP) is 1.76. The average molecular weight is 310 g/mol. The van der Waals surface area contributed by atoms with Crippen LogP contribution in [-0.2, 0) is 0 Å². The molecule has 0 bridgehead atoms. The van der Waals surface area contributed by atoms with Crippen molar-refractivity contribution in [3.63, 3.8) is 0 Å². The fraction of sp³-hybridized carbons (Fsp3) is 0.571. The third-order valence-corrected chi connectivity index (χ3v) is 4.06. The monoisotopic (exact) mass is 310 g/mol. The van der Waals surface area contributed by atoms with E-state index in [-0.39, 0.29) is 0 Å². The van der Waals surface area contributed by atoms with Crippen molar-refractivity contribution in [3.05, 3.63) is 24.0 Å². The number of nitrogens with zero attached hydrogens (tertiary/aromatic N) is 4. The molecule has 0 saturated carbocycles. The van der Waals surface area contributed by atoms with Crippen LogP contribution in [0.3, 0.4) is 0 Å². The molecule has 0 atom stereocenters. The van der Waals surface area contributed by atoms with Gasteiger partial charge in [0.25, 0.3) is 0 Å². The second kappa shape index (κ2) is 9.46. The summed E-state index contributed by atoms with van der Waals surface area (Å²) in [6, 6.07) is 0. The van der Waals surface area contributed by atoms with E-state index in [0.717, 1.165) is 31.3 Å². The molecule has 1 saturated heterocycles. The lowest BCUT2D eigenvalue weighted by Gasteiger charge is -2.23. The fourth-order valence-electron chi connectivity index (χ4n) is 1.87. The molecule has 0 unspecified atom stereocenters. The van der Waals surface area contributed by atoms with Gasteiger partial charge in [0.15, 0.2) is 5.84 Å². The van der Waals surface area contributed by atoms with Gasteiger partial charge in [0.2, 0.25) is 0 Å². The Hall–Kier alpha value is -1.47. The van der Waals surface area contributed by atoms with Crippen LogP contribution in [0.4, 0.5) is 0 Å². The molecule has 1 aliphatic heterocycles.